The number of aliphatic hydroxyl groups excluding tert-OH is 1. The maximum atomic E-state index is 12.8. The van der Waals surface area contributed by atoms with E-state index in [-0.39, 0.29) is 12.5 Å². The second-order valence-corrected chi connectivity index (χ2v) is 15.7. The molecule has 0 saturated heterocycles. The molecule has 0 heterocycles. The van der Waals surface area contributed by atoms with E-state index in [1.165, 1.54) is 77.0 Å². The Labute approximate surface area is 296 Å². The van der Waals surface area contributed by atoms with Crippen LogP contribution in [0.1, 0.15) is 155 Å². The topological polar surface area (TPSA) is 108 Å². The molecule has 0 aliphatic heterocycles. The van der Waals surface area contributed by atoms with E-state index in [0.717, 1.165) is 57.8 Å². The molecule has 282 valence electrons. The van der Waals surface area contributed by atoms with Crippen molar-refractivity contribution < 1.29 is 32.9 Å². The predicted molar refractivity (Wildman–Crippen MR) is 201 cm³/mol. The van der Waals surface area contributed by atoms with Crippen LogP contribution in [0.2, 0.25) is 0 Å². The Kier molecular flexibility index (Phi) is 30.8. The summed E-state index contributed by atoms with van der Waals surface area (Å²) < 4.78 is 23.0. The molecule has 0 radical (unpaired) electrons. The number of aliphatic hydroxyl groups is 1. The summed E-state index contributed by atoms with van der Waals surface area (Å²) in [6, 6.07) is -0.903. The Morgan fingerprint density at radius 3 is 1.69 bits per heavy atom. The lowest BCUT2D eigenvalue weighted by Gasteiger charge is -2.29. The predicted octanol–water partition coefficient (Wildman–Crippen LogP) is 9.33. The van der Waals surface area contributed by atoms with Gasteiger partial charge in [-0.05, 0) is 57.8 Å². The fraction of sp³-hybridized carbons (Fsp3) is 0.821. The molecule has 9 heteroatoms. The molecule has 3 atom stereocenters. The summed E-state index contributed by atoms with van der Waals surface area (Å²) in [5, 5.41) is 13.7. The Balaban J connectivity index is 4.59. The number of unbranched alkanes of at least 4 members (excludes halogenated alkanes) is 17. The van der Waals surface area contributed by atoms with Crippen LogP contribution in [0.25, 0.3) is 0 Å². The Morgan fingerprint density at radius 1 is 0.708 bits per heavy atom. The molecule has 0 saturated carbocycles. The number of nitrogens with zero attached hydrogens (tertiary/aromatic N) is 1. The van der Waals surface area contributed by atoms with Gasteiger partial charge in [0.25, 0.3) is 7.82 Å². The van der Waals surface area contributed by atoms with Gasteiger partial charge in [-0.15, -0.1) is 0 Å². The van der Waals surface area contributed by atoms with E-state index in [1.54, 1.807) is 6.08 Å². The number of phosphoric acid groups is 1. The first kappa shape index (κ1) is 46.7. The zero-order valence-electron chi connectivity index (χ0n) is 31.7. The summed E-state index contributed by atoms with van der Waals surface area (Å²) in [7, 11) is 1.23. The van der Waals surface area contributed by atoms with Crippen molar-refractivity contribution in [1.29, 1.82) is 0 Å². The molecular formula is C39H75N2O6P. The van der Waals surface area contributed by atoms with Crippen LogP contribution in [-0.4, -0.2) is 68.5 Å². The third-order valence-electron chi connectivity index (χ3n) is 8.32. The van der Waals surface area contributed by atoms with Crippen molar-refractivity contribution in [2.45, 2.75) is 167 Å². The minimum Gasteiger partial charge on any atom is -0.756 e. The van der Waals surface area contributed by atoms with Gasteiger partial charge in [-0.2, -0.15) is 0 Å². The second kappa shape index (κ2) is 31.7. The van der Waals surface area contributed by atoms with Crippen LogP contribution < -0.4 is 10.2 Å². The number of phosphoric ester groups is 1. The SMILES string of the molecule is CCCCCCC/C=C/CCCCCCCC(=O)N[C@@H](COP(=O)([O-])OCC[N+](C)(C)C)[C@H](O)/C=C/CC/C=C/CCCCCCCC. The maximum absolute atomic E-state index is 12.8. The van der Waals surface area contributed by atoms with E-state index < -0.39 is 26.6 Å². The standard InChI is InChI=1S/C39H75N2O6P/c1-6-8-10-12-14-16-18-20-21-23-25-27-29-31-33-39(43)40-37(36-47-48(44,45)46-35-34-41(3,4)5)38(42)32-30-28-26-24-22-19-17-15-13-11-9-7-2/h18,20,22,24,30,32,37-38,42H,6-17,19,21,23,25-29,31,33-36H2,1-5H3,(H-,40,43,44,45)/b20-18+,24-22+,32-30+/t37-,38+/m0/s1. The van der Waals surface area contributed by atoms with Crippen LogP contribution >= 0.6 is 7.82 Å². The number of likely N-dealkylation sites (N-methyl/N-ethyl adjacent to an activating group) is 1. The average molecular weight is 699 g/mol. The number of hydrogen-bond donors (Lipinski definition) is 2. The molecule has 0 aromatic heterocycles. The van der Waals surface area contributed by atoms with Gasteiger partial charge in [0.2, 0.25) is 5.91 Å². The third kappa shape index (κ3) is 33.2. The highest BCUT2D eigenvalue weighted by Crippen LogP contribution is 2.38. The van der Waals surface area contributed by atoms with Crippen LogP contribution in [0.3, 0.4) is 0 Å². The largest absolute Gasteiger partial charge is 0.756 e. The van der Waals surface area contributed by atoms with Gasteiger partial charge in [0.1, 0.15) is 13.2 Å². The highest BCUT2D eigenvalue weighted by Gasteiger charge is 2.23. The van der Waals surface area contributed by atoms with Crippen molar-refractivity contribution in [2.24, 2.45) is 0 Å². The summed E-state index contributed by atoms with van der Waals surface area (Å²) >= 11 is 0. The molecule has 8 nitrogen and oxygen atoms in total. The number of hydrogen-bond acceptors (Lipinski definition) is 6. The van der Waals surface area contributed by atoms with Crippen LogP contribution in [0.4, 0.5) is 0 Å². The molecule has 0 aromatic carbocycles. The Hall–Kier alpha value is -1.28. The molecule has 0 aliphatic rings. The number of rotatable bonds is 34. The summed E-state index contributed by atoms with van der Waals surface area (Å²) in [6.07, 6.45) is 36.1. The molecule has 1 unspecified atom stereocenters. The Bertz CT molecular complexity index is 886. The molecule has 0 fully saturated rings. The van der Waals surface area contributed by atoms with E-state index in [2.05, 4.69) is 43.5 Å². The molecule has 2 N–H and O–H groups in total. The third-order valence-corrected chi connectivity index (χ3v) is 9.29. The van der Waals surface area contributed by atoms with E-state index >= 15 is 0 Å². The van der Waals surface area contributed by atoms with Crippen LogP contribution in [0.15, 0.2) is 36.5 Å². The summed E-state index contributed by atoms with van der Waals surface area (Å²) in [5.74, 6) is -0.220. The van der Waals surface area contributed by atoms with E-state index in [1.807, 2.05) is 27.2 Å². The zero-order valence-corrected chi connectivity index (χ0v) is 32.6. The Morgan fingerprint density at radius 2 is 1.17 bits per heavy atom. The van der Waals surface area contributed by atoms with Crippen molar-refractivity contribution in [3.05, 3.63) is 36.5 Å². The number of nitrogens with one attached hydrogen (secondary N) is 1. The molecule has 0 rings (SSSR count). The summed E-state index contributed by atoms with van der Waals surface area (Å²) in [4.78, 5) is 25.1. The lowest BCUT2D eigenvalue weighted by atomic mass is 10.1. The molecule has 48 heavy (non-hydrogen) atoms. The monoisotopic (exact) mass is 699 g/mol. The minimum atomic E-state index is -4.59. The first-order chi connectivity index (χ1) is 23.0. The number of allylic oxidation sites excluding steroid dienone is 5. The average Bonchev–Trinajstić information content (AvgIpc) is 3.02. The van der Waals surface area contributed by atoms with Gasteiger partial charge in [0, 0.05) is 6.42 Å². The lowest BCUT2D eigenvalue weighted by molar-refractivity contribution is -0.870. The summed E-state index contributed by atoms with van der Waals surface area (Å²) in [6.45, 7) is 4.56. The molecule has 0 spiro atoms. The van der Waals surface area contributed by atoms with Gasteiger partial charge < -0.3 is 28.8 Å². The number of carbonyl (C=O) groups excluding carboxylic acids is 1. The number of carbonyl (C=O) groups is 1. The lowest BCUT2D eigenvalue weighted by Crippen LogP contribution is -2.45. The van der Waals surface area contributed by atoms with Crippen molar-refractivity contribution >= 4 is 13.7 Å². The van der Waals surface area contributed by atoms with E-state index in [0.29, 0.717) is 17.4 Å². The van der Waals surface area contributed by atoms with Crippen LogP contribution in [-0.2, 0) is 18.4 Å². The van der Waals surface area contributed by atoms with Gasteiger partial charge in [-0.25, -0.2) is 0 Å². The van der Waals surface area contributed by atoms with Crippen molar-refractivity contribution in [1.82, 2.24) is 5.32 Å². The normalized spacial score (nSPS) is 15.1. The minimum absolute atomic E-state index is 0.00839. The van der Waals surface area contributed by atoms with Gasteiger partial charge in [0.05, 0.1) is 39.9 Å². The maximum Gasteiger partial charge on any atom is 0.268 e. The quantitative estimate of drug-likeness (QED) is 0.0300. The van der Waals surface area contributed by atoms with Crippen molar-refractivity contribution in [2.75, 3.05) is 40.9 Å². The van der Waals surface area contributed by atoms with Crippen molar-refractivity contribution in [3.63, 3.8) is 0 Å². The molecular weight excluding hydrogens is 623 g/mol. The van der Waals surface area contributed by atoms with Gasteiger partial charge in [-0.3, -0.25) is 9.36 Å². The van der Waals surface area contributed by atoms with Gasteiger partial charge >= 0.3 is 0 Å². The molecule has 0 bridgehead atoms. The van der Waals surface area contributed by atoms with Crippen LogP contribution in [0.5, 0.6) is 0 Å². The summed E-state index contributed by atoms with van der Waals surface area (Å²) in [5.41, 5.74) is 0. The smallest absolute Gasteiger partial charge is 0.268 e. The van der Waals surface area contributed by atoms with Gasteiger partial charge in [-0.1, -0.05) is 127 Å². The van der Waals surface area contributed by atoms with Crippen molar-refractivity contribution in [3.8, 4) is 0 Å². The van der Waals surface area contributed by atoms with E-state index in [4.69, 9.17) is 9.05 Å². The van der Waals surface area contributed by atoms with Gasteiger partial charge in [0.15, 0.2) is 0 Å². The first-order valence-corrected chi connectivity index (χ1v) is 20.8. The zero-order chi connectivity index (χ0) is 35.8. The fourth-order valence-corrected chi connectivity index (χ4v) is 5.88. The first-order valence-electron chi connectivity index (χ1n) is 19.4. The van der Waals surface area contributed by atoms with E-state index in [9.17, 15) is 19.4 Å². The molecule has 0 aromatic rings. The number of amides is 1. The molecule has 0 aliphatic carbocycles. The number of quaternary nitrogens is 1. The molecule has 1 amide bonds. The van der Waals surface area contributed by atoms with Crippen LogP contribution in [0, 0.1) is 0 Å². The fourth-order valence-electron chi connectivity index (χ4n) is 5.16. The highest BCUT2D eigenvalue weighted by atomic mass is 31.2. The second-order valence-electron chi connectivity index (χ2n) is 14.3. The highest BCUT2D eigenvalue weighted by molar-refractivity contribution is 7.45.